The molecule has 0 atom stereocenters. The van der Waals surface area contributed by atoms with Crippen LogP contribution in [0.2, 0.25) is 0 Å². The van der Waals surface area contributed by atoms with E-state index in [2.05, 4.69) is 162 Å². The summed E-state index contributed by atoms with van der Waals surface area (Å²) >= 11 is 1.81. The highest BCUT2D eigenvalue weighted by molar-refractivity contribution is 7.26. The number of fused-ring (bicyclic) bond motifs is 7. The first-order chi connectivity index (χ1) is 26.7. The van der Waals surface area contributed by atoms with E-state index in [1.165, 1.54) is 52.8 Å². The van der Waals surface area contributed by atoms with Crippen molar-refractivity contribution >= 4 is 64.1 Å². The first-order valence-electron chi connectivity index (χ1n) is 18.1. The number of hydrogen-bond acceptors (Lipinski definition) is 4. The predicted molar refractivity (Wildman–Crippen MR) is 226 cm³/mol. The standard InChI is InChI=1S/C49H30N4S/c1-3-13-31(14-4-1)32-23-25-34(26-24-32)48-50-47(33-15-5-2-6-16-33)51-49(52-48)37-29-43(46-39-20-10-12-22-44(39)54-45(46)30-37)53-41-21-11-9-19-38(41)40-27-35-17-7-8-18-36(35)28-42(40)53/h1-30H. The van der Waals surface area contributed by atoms with Gasteiger partial charge in [0.15, 0.2) is 17.5 Å². The highest BCUT2D eigenvalue weighted by Crippen LogP contribution is 2.44. The molecular weight excluding hydrogens is 677 g/mol. The molecule has 11 aromatic rings. The van der Waals surface area contributed by atoms with Crippen LogP contribution in [0.5, 0.6) is 0 Å². The fraction of sp³-hybridized carbons (Fsp3) is 0. The van der Waals surface area contributed by atoms with Crippen molar-refractivity contribution in [1.29, 1.82) is 0 Å². The third-order valence-electron chi connectivity index (χ3n) is 10.4. The summed E-state index contributed by atoms with van der Waals surface area (Å²) in [7, 11) is 0. The van der Waals surface area contributed by atoms with Crippen LogP contribution in [0.3, 0.4) is 0 Å². The summed E-state index contributed by atoms with van der Waals surface area (Å²) in [6.45, 7) is 0. The third-order valence-corrected chi connectivity index (χ3v) is 11.5. The molecule has 11 rings (SSSR count). The molecule has 0 N–H and O–H groups in total. The highest BCUT2D eigenvalue weighted by atomic mass is 32.1. The van der Waals surface area contributed by atoms with E-state index >= 15 is 0 Å². The fourth-order valence-electron chi connectivity index (χ4n) is 7.85. The van der Waals surface area contributed by atoms with Crippen molar-refractivity contribution in [3.8, 4) is 51.0 Å². The Morgan fingerprint density at radius 2 is 0.889 bits per heavy atom. The van der Waals surface area contributed by atoms with Crippen LogP contribution in [0.15, 0.2) is 182 Å². The lowest BCUT2D eigenvalue weighted by Crippen LogP contribution is -2.01. The lowest BCUT2D eigenvalue weighted by atomic mass is 10.0. The van der Waals surface area contributed by atoms with E-state index in [4.69, 9.17) is 15.0 Å². The zero-order valence-electron chi connectivity index (χ0n) is 29.0. The quantitative estimate of drug-likeness (QED) is 0.179. The fourth-order valence-corrected chi connectivity index (χ4v) is 9.01. The molecule has 0 radical (unpaired) electrons. The van der Waals surface area contributed by atoms with Gasteiger partial charge in [-0.1, -0.05) is 146 Å². The van der Waals surface area contributed by atoms with E-state index in [1.54, 1.807) is 0 Å². The van der Waals surface area contributed by atoms with Crippen molar-refractivity contribution in [2.75, 3.05) is 0 Å². The second kappa shape index (κ2) is 12.3. The van der Waals surface area contributed by atoms with Crippen LogP contribution in [0.4, 0.5) is 0 Å². The summed E-state index contributed by atoms with van der Waals surface area (Å²) in [4.78, 5) is 15.5. The van der Waals surface area contributed by atoms with E-state index in [-0.39, 0.29) is 0 Å². The average molecular weight is 707 g/mol. The van der Waals surface area contributed by atoms with Crippen LogP contribution < -0.4 is 0 Å². The molecule has 0 aliphatic carbocycles. The predicted octanol–water partition coefficient (Wildman–Crippen LogP) is 13.2. The summed E-state index contributed by atoms with van der Waals surface area (Å²) in [6, 6.07) is 64.5. The van der Waals surface area contributed by atoms with Crippen LogP contribution in [0, 0.1) is 0 Å². The maximum Gasteiger partial charge on any atom is 0.164 e. The second-order valence-corrected chi connectivity index (χ2v) is 14.7. The van der Waals surface area contributed by atoms with E-state index in [0.29, 0.717) is 17.5 Å². The lowest BCUT2D eigenvalue weighted by molar-refractivity contribution is 1.07. The maximum atomic E-state index is 5.22. The monoisotopic (exact) mass is 706 g/mol. The molecule has 0 bridgehead atoms. The minimum Gasteiger partial charge on any atom is -0.309 e. The Balaban J connectivity index is 1.19. The molecule has 0 unspecified atom stereocenters. The Bertz CT molecular complexity index is 3200. The van der Waals surface area contributed by atoms with Gasteiger partial charge in [0.05, 0.1) is 16.7 Å². The van der Waals surface area contributed by atoms with Crippen molar-refractivity contribution in [2.45, 2.75) is 0 Å². The van der Waals surface area contributed by atoms with Gasteiger partial charge < -0.3 is 4.57 Å². The van der Waals surface area contributed by atoms with Gasteiger partial charge in [0.1, 0.15) is 0 Å². The molecule has 252 valence electrons. The molecule has 0 amide bonds. The summed E-state index contributed by atoms with van der Waals surface area (Å²) in [6.07, 6.45) is 0. The van der Waals surface area contributed by atoms with Crippen molar-refractivity contribution < 1.29 is 0 Å². The summed E-state index contributed by atoms with van der Waals surface area (Å²) < 4.78 is 4.88. The lowest BCUT2D eigenvalue weighted by Gasteiger charge is -2.14. The first kappa shape index (κ1) is 30.7. The van der Waals surface area contributed by atoms with E-state index in [1.807, 2.05) is 35.6 Å². The summed E-state index contributed by atoms with van der Waals surface area (Å²) in [5.41, 5.74) is 8.59. The van der Waals surface area contributed by atoms with Gasteiger partial charge in [0, 0.05) is 47.6 Å². The van der Waals surface area contributed by atoms with E-state index in [9.17, 15) is 0 Å². The molecule has 0 aliphatic heterocycles. The molecule has 54 heavy (non-hydrogen) atoms. The Kier molecular flexibility index (Phi) is 7.00. The number of thiophene rings is 1. The van der Waals surface area contributed by atoms with Crippen LogP contribution in [0.1, 0.15) is 0 Å². The Morgan fingerprint density at radius 3 is 1.63 bits per heavy atom. The number of nitrogens with zero attached hydrogens (tertiary/aromatic N) is 4. The SMILES string of the molecule is c1ccc(-c2ccc(-c3nc(-c4ccccc4)nc(-c4cc(-n5c6ccccc6c6cc7ccccc7cc65)c5c(c4)sc4ccccc45)n3)cc2)cc1. The normalized spacial score (nSPS) is 11.7. The maximum absolute atomic E-state index is 5.22. The molecule has 5 heteroatoms. The molecular formula is C49H30N4S. The number of rotatable bonds is 5. The Morgan fingerprint density at radius 1 is 0.352 bits per heavy atom. The van der Waals surface area contributed by atoms with Crippen molar-refractivity contribution in [2.24, 2.45) is 0 Å². The van der Waals surface area contributed by atoms with Crippen LogP contribution in [-0.2, 0) is 0 Å². The van der Waals surface area contributed by atoms with Gasteiger partial charge in [0.25, 0.3) is 0 Å². The third kappa shape index (κ3) is 5.01. The smallest absolute Gasteiger partial charge is 0.164 e. The van der Waals surface area contributed by atoms with E-state index in [0.717, 1.165) is 33.5 Å². The van der Waals surface area contributed by atoms with Gasteiger partial charge in [0.2, 0.25) is 0 Å². The largest absolute Gasteiger partial charge is 0.309 e. The van der Waals surface area contributed by atoms with E-state index < -0.39 is 0 Å². The van der Waals surface area contributed by atoms with Crippen LogP contribution in [-0.4, -0.2) is 19.5 Å². The molecule has 0 aliphatic rings. The first-order valence-corrected chi connectivity index (χ1v) is 18.9. The van der Waals surface area contributed by atoms with Gasteiger partial charge in [-0.05, 0) is 58.3 Å². The summed E-state index contributed by atoms with van der Waals surface area (Å²) in [5, 5.41) is 7.37. The number of para-hydroxylation sites is 1. The van der Waals surface area contributed by atoms with Crippen molar-refractivity contribution in [3.05, 3.63) is 182 Å². The second-order valence-electron chi connectivity index (χ2n) is 13.7. The molecule has 3 aromatic heterocycles. The number of aromatic nitrogens is 4. The van der Waals surface area contributed by atoms with Gasteiger partial charge >= 0.3 is 0 Å². The van der Waals surface area contributed by atoms with Gasteiger partial charge in [-0.15, -0.1) is 11.3 Å². The molecule has 0 spiro atoms. The molecule has 0 saturated carbocycles. The Hall–Kier alpha value is -6.95. The van der Waals surface area contributed by atoms with Crippen LogP contribution >= 0.6 is 11.3 Å². The topological polar surface area (TPSA) is 43.6 Å². The van der Waals surface area contributed by atoms with Crippen molar-refractivity contribution in [1.82, 2.24) is 19.5 Å². The highest BCUT2D eigenvalue weighted by Gasteiger charge is 2.21. The average Bonchev–Trinajstić information content (AvgIpc) is 3.78. The minimum atomic E-state index is 0.637. The van der Waals surface area contributed by atoms with Gasteiger partial charge in [-0.3, -0.25) is 0 Å². The molecule has 4 nitrogen and oxygen atoms in total. The summed E-state index contributed by atoms with van der Waals surface area (Å²) in [5.74, 6) is 1.92. The van der Waals surface area contributed by atoms with Gasteiger partial charge in [-0.2, -0.15) is 0 Å². The molecule has 0 saturated heterocycles. The zero-order chi connectivity index (χ0) is 35.6. The molecule has 8 aromatic carbocycles. The number of benzene rings is 8. The number of hydrogen-bond donors (Lipinski definition) is 0. The minimum absolute atomic E-state index is 0.637. The molecule has 0 fully saturated rings. The molecule has 3 heterocycles. The Labute approximate surface area is 315 Å². The van der Waals surface area contributed by atoms with Crippen molar-refractivity contribution in [3.63, 3.8) is 0 Å². The van der Waals surface area contributed by atoms with Crippen LogP contribution in [0.25, 0.3) is 104 Å². The van der Waals surface area contributed by atoms with Gasteiger partial charge in [-0.25, -0.2) is 15.0 Å². The zero-order valence-corrected chi connectivity index (χ0v) is 29.8.